The molecule has 0 spiro atoms. The monoisotopic (exact) mass is 464 g/mol. The summed E-state index contributed by atoms with van der Waals surface area (Å²) >= 11 is 0. The second-order valence-electron chi connectivity index (χ2n) is 6.70. The van der Waals surface area contributed by atoms with E-state index in [-0.39, 0.29) is 16.1 Å². The molecule has 0 aliphatic carbocycles. The zero-order chi connectivity index (χ0) is 23.5. The molecule has 1 N–H and O–H groups in total. The summed E-state index contributed by atoms with van der Waals surface area (Å²) in [5.41, 5.74) is -0.164. The van der Waals surface area contributed by atoms with Gasteiger partial charge in [0.2, 0.25) is 0 Å². The van der Waals surface area contributed by atoms with Crippen molar-refractivity contribution in [1.82, 2.24) is 0 Å². The third-order valence-corrected chi connectivity index (χ3v) is 6.46. The number of sulfonamides is 1. The number of benzene rings is 3. The number of hydrogen-bond donors (Lipinski definition) is 1. The fourth-order valence-electron chi connectivity index (χ4n) is 2.90. The summed E-state index contributed by atoms with van der Waals surface area (Å²) in [6, 6.07) is 15.8. The molecule has 0 radical (unpaired) electrons. The molecule has 0 saturated carbocycles. The average molecular weight is 464 g/mol. The minimum atomic E-state index is -4.47. The number of para-hydroxylation sites is 2. The van der Waals surface area contributed by atoms with Gasteiger partial charge in [-0.3, -0.25) is 9.10 Å². The number of carbonyl (C=O) groups is 1. The van der Waals surface area contributed by atoms with E-state index in [4.69, 9.17) is 4.74 Å². The van der Waals surface area contributed by atoms with E-state index in [1.165, 1.54) is 38.4 Å². The van der Waals surface area contributed by atoms with Gasteiger partial charge in [0.25, 0.3) is 15.9 Å². The van der Waals surface area contributed by atoms with Gasteiger partial charge in [0.15, 0.2) is 0 Å². The Bertz CT molecular complexity index is 1210. The van der Waals surface area contributed by atoms with E-state index in [2.05, 4.69) is 5.32 Å². The number of ether oxygens (including phenoxy) is 1. The van der Waals surface area contributed by atoms with Crippen molar-refractivity contribution >= 4 is 27.3 Å². The maximum absolute atomic E-state index is 13.0. The number of hydrogen-bond acceptors (Lipinski definition) is 4. The van der Waals surface area contributed by atoms with Crippen LogP contribution in [0.4, 0.5) is 24.5 Å². The molecule has 0 atom stereocenters. The first kappa shape index (κ1) is 23.1. The van der Waals surface area contributed by atoms with Crippen molar-refractivity contribution in [2.75, 3.05) is 23.8 Å². The molecule has 168 valence electrons. The molecule has 32 heavy (non-hydrogen) atoms. The van der Waals surface area contributed by atoms with Crippen molar-refractivity contribution in [2.24, 2.45) is 0 Å². The highest BCUT2D eigenvalue weighted by Crippen LogP contribution is 2.31. The third kappa shape index (κ3) is 4.86. The first-order valence-corrected chi connectivity index (χ1v) is 10.7. The molecule has 0 aliphatic heterocycles. The van der Waals surface area contributed by atoms with Crippen LogP contribution in [-0.4, -0.2) is 28.5 Å². The molecule has 0 fully saturated rings. The Morgan fingerprint density at radius 1 is 0.938 bits per heavy atom. The van der Waals surface area contributed by atoms with Gasteiger partial charge >= 0.3 is 6.18 Å². The fraction of sp³-hybridized carbons (Fsp3) is 0.136. The summed E-state index contributed by atoms with van der Waals surface area (Å²) in [6.45, 7) is 0. The summed E-state index contributed by atoms with van der Waals surface area (Å²) in [6.07, 6.45) is -4.47. The molecular weight excluding hydrogens is 445 g/mol. The Balaban J connectivity index is 1.77. The van der Waals surface area contributed by atoms with Crippen molar-refractivity contribution < 1.29 is 31.1 Å². The van der Waals surface area contributed by atoms with Crippen LogP contribution in [0, 0.1) is 0 Å². The van der Waals surface area contributed by atoms with Gasteiger partial charge in [0.1, 0.15) is 5.75 Å². The highest BCUT2D eigenvalue weighted by Gasteiger charge is 2.30. The number of nitrogens with zero attached hydrogens (tertiary/aromatic N) is 1. The molecule has 0 heterocycles. The predicted octanol–water partition coefficient (Wildman–Crippen LogP) is 4.79. The molecule has 3 aromatic carbocycles. The lowest BCUT2D eigenvalue weighted by atomic mass is 10.2. The number of methoxy groups -OCH3 is 1. The number of halogens is 3. The Morgan fingerprint density at radius 2 is 1.53 bits per heavy atom. The van der Waals surface area contributed by atoms with E-state index >= 15 is 0 Å². The van der Waals surface area contributed by atoms with Gasteiger partial charge < -0.3 is 10.1 Å². The van der Waals surface area contributed by atoms with Crippen LogP contribution in [0.25, 0.3) is 0 Å². The van der Waals surface area contributed by atoms with Gasteiger partial charge in [-0.25, -0.2) is 8.42 Å². The van der Waals surface area contributed by atoms with Gasteiger partial charge in [0, 0.05) is 18.3 Å². The minimum Gasteiger partial charge on any atom is -0.495 e. The quantitative estimate of drug-likeness (QED) is 0.569. The van der Waals surface area contributed by atoms with Gasteiger partial charge in [-0.2, -0.15) is 13.2 Å². The number of carbonyl (C=O) groups excluding carboxylic acids is 1. The molecule has 0 saturated heterocycles. The van der Waals surface area contributed by atoms with Crippen LogP contribution in [0.2, 0.25) is 0 Å². The highest BCUT2D eigenvalue weighted by atomic mass is 32.2. The molecule has 0 unspecified atom stereocenters. The molecule has 3 aromatic rings. The number of alkyl halides is 3. The fourth-order valence-corrected chi connectivity index (χ4v) is 4.11. The van der Waals surface area contributed by atoms with Gasteiger partial charge in [0.05, 0.1) is 23.3 Å². The smallest absolute Gasteiger partial charge is 0.416 e. The van der Waals surface area contributed by atoms with E-state index in [1.54, 1.807) is 24.3 Å². The lowest BCUT2D eigenvalue weighted by Gasteiger charge is -2.21. The summed E-state index contributed by atoms with van der Waals surface area (Å²) in [5, 5.41) is 2.48. The van der Waals surface area contributed by atoms with Gasteiger partial charge in [-0.05, 0) is 60.7 Å². The highest BCUT2D eigenvalue weighted by molar-refractivity contribution is 7.92. The Morgan fingerprint density at radius 3 is 2.09 bits per heavy atom. The second kappa shape index (κ2) is 8.91. The first-order valence-electron chi connectivity index (χ1n) is 9.24. The van der Waals surface area contributed by atoms with E-state index in [0.29, 0.717) is 11.4 Å². The van der Waals surface area contributed by atoms with Crippen LogP contribution in [0.3, 0.4) is 0 Å². The number of anilines is 2. The molecule has 0 aromatic heterocycles. The second-order valence-corrected chi connectivity index (χ2v) is 8.67. The molecular formula is C22H19F3N2O4S. The zero-order valence-corrected chi connectivity index (χ0v) is 17.9. The van der Waals surface area contributed by atoms with Crippen LogP contribution in [-0.2, 0) is 16.2 Å². The molecule has 3 rings (SSSR count). The molecule has 0 aliphatic rings. The molecule has 1 amide bonds. The summed E-state index contributed by atoms with van der Waals surface area (Å²) in [5.74, 6) is -0.210. The SMILES string of the molecule is COc1ccccc1N(C)S(=O)(=O)c1ccc(C(=O)Nc2ccc(C(F)(F)F)cc2)cc1. The predicted molar refractivity (Wildman–Crippen MR) is 114 cm³/mol. The Hall–Kier alpha value is -3.53. The molecule has 6 nitrogen and oxygen atoms in total. The van der Waals surface area contributed by atoms with Crippen molar-refractivity contribution in [1.29, 1.82) is 0 Å². The number of amides is 1. The van der Waals surface area contributed by atoms with Crippen molar-refractivity contribution in [2.45, 2.75) is 11.1 Å². The van der Waals surface area contributed by atoms with Crippen molar-refractivity contribution in [3.05, 3.63) is 83.9 Å². The molecule has 0 bridgehead atoms. The topological polar surface area (TPSA) is 75.7 Å². The molecule has 10 heteroatoms. The third-order valence-electron chi connectivity index (χ3n) is 4.67. The first-order chi connectivity index (χ1) is 15.0. The van der Waals surface area contributed by atoms with E-state index in [0.717, 1.165) is 28.6 Å². The summed E-state index contributed by atoms with van der Waals surface area (Å²) in [7, 11) is -1.11. The zero-order valence-electron chi connectivity index (χ0n) is 17.1. The van der Waals surface area contributed by atoms with Crippen LogP contribution in [0.5, 0.6) is 5.75 Å². The lowest BCUT2D eigenvalue weighted by Crippen LogP contribution is -2.27. The average Bonchev–Trinajstić information content (AvgIpc) is 2.78. The summed E-state index contributed by atoms with van der Waals surface area (Å²) < 4.78 is 70.1. The van der Waals surface area contributed by atoms with E-state index in [1.807, 2.05) is 0 Å². The van der Waals surface area contributed by atoms with Crippen LogP contribution < -0.4 is 14.4 Å². The standard InChI is InChI=1S/C22H19F3N2O4S/c1-27(19-5-3-4-6-20(19)31-2)32(29,30)18-13-7-15(8-14-18)21(28)26-17-11-9-16(10-12-17)22(23,24)25/h3-14H,1-2H3,(H,26,28). The van der Waals surface area contributed by atoms with Crippen LogP contribution in [0.1, 0.15) is 15.9 Å². The maximum Gasteiger partial charge on any atom is 0.416 e. The van der Waals surface area contributed by atoms with E-state index < -0.39 is 27.7 Å². The lowest BCUT2D eigenvalue weighted by molar-refractivity contribution is -0.137. The Labute approximate surface area is 183 Å². The number of rotatable bonds is 6. The largest absolute Gasteiger partial charge is 0.495 e. The van der Waals surface area contributed by atoms with Gasteiger partial charge in [-0.15, -0.1) is 0 Å². The van der Waals surface area contributed by atoms with Crippen LogP contribution in [0.15, 0.2) is 77.7 Å². The maximum atomic E-state index is 13.0. The summed E-state index contributed by atoms with van der Waals surface area (Å²) in [4.78, 5) is 12.3. The van der Waals surface area contributed by atoms with E-state index in [9.17, 15) is 26.4 Å². The van der Waals surface area contributed by atoms with Gasteiger partial charge in [-0.1, -0.05) is 12.1 Å². The normalized spacial score (nSPS) is 11.7. The van der Waals surface area contributed by atoms with Crippen LogP contribution >= 0.6 is 0 Å². The minimum absolute atomic E-state index is 0.0445. The Kier molecular flexibility index (Phi) is 6.45. The van der Waals surface area contributed by atoms with Crippen molar-refractivity contribution in [3.63, 3.8) is 0 Å². The van der Waals surface area contributed by atoms with Crippen molar-refractivity contribution in [3.8, 4) is 5.75 Å². The number of nitrogens with one attached hydrogen (secondary N) is 1.